The Labute approximate surface area is 225 Å². The van der Waals surface area contributed by atoms with Gasteiger partial charge in [0.1, 0.15) is 47.0 Å². The van der Waals surface area contributed by atoms with E-state index in [0.717, 1.165) is 11.6 Å². The van der Waals surface area contributed by atoms with Crippen LogP contribution in [0.15, 0.2) is 122 Å². The van der Waals surface area contributed by atoms with E-state index < -0.39 is 19.2 Å². The van der Waals surface area contributed by atoms with E-state index in [1.165, 1.54) is 28.0 Å². The maximum atomic E-state index is 13.8. The first-order valence-corrected chi connectivity index (χ1v) is 14.0. The van der Waals surface area contributed by atoms with E-state index in [9.17, 15) is 9.18 Å². The minimum Gasteiger partial charge on any atom is -0.395 e. The molecule has 0 saturated carbocycles. The zero-order valence-electron chi connectivity index (χ0n) is 20.6. The van der Waals surface area contributed by atoms with E-state index in [2.05, 4.69) is 82.8 Å². The van der Waals surface area contributed by atoms with Crippen molar-refractivity contribution in [2.75, 3.05) is 0 Å². The van der Waals surface area contributed by atoms with Gasteiger partial charge in [0.2, 0.25) is 0 Å². The van der Waals surface area contributed by atoms with Gasteiger partial charge < -0.3 is 9.47 Å². The quantitative estimate of drug-likeness (QED) is 0.154. The predicted molar refractivity (Wildman–Crippen MR) is 149 cm³/mol. The minimum absolute atomic E-state index is 0.101. The largest absolute Gasteiger partial charge is 0.521 e. The second-order valence-corrected chi connectivity index (χ2v) is 12.0. The summed E-state index contributed by atoms with van der Waals surface area (Å²) in [5.41, 5.74) is 0.713. The van der Waals surface area contributed by atoms with Crippen molar-refractivity contribution in [1.29, 1.82) is 5.26 Å². The van der Waals surface area contributed by atoms with Crippen LogP contribution in [0.2, 0.25) is 0 Å². The molecule has 0 aliphatic rings. The van der Waals surface area contributed by atoms with Crippen LogP contribution < -0.4 is 25.4 Å². The number of carbonyl (C=O) groups excluding carboxylic acids is 1. The fourth-order valence-electron chi connectivity index (χ4n) is 4.36. The Bertz CT molecular complexity index is 1510. The molecular formula is C31H22FN3O3P+. The number of hydrogen-bond acceptors (Lipinski definition) is 6. The van der Waals surface area contributed by atoms with E-state index in [4.69, 9.17) is 14.7 Å². The van der Waals surface area contributed by atoms with E-state index >= 15 is 0 Å². The molecule has 5 aromatic rings. The lowest BCUT2D eigenvalue weighted by Crippen LogP contribution is -2.32. The number of nitrogens with zero attached hydrogens (tertiary/aromatic N) is 3. The van der Waals surface area contributed by atoms with Gasteiger partial charge in [0.25, 0.3) is 0 Å². The molecule has 6 nitrogen and oxygen atoms in total. The summed E-state index contributed by atoms with van der Waals surface area (Å²) in [4.78, 5) is 20.7. The van der Waals surface area contributed by atoms with Crippen LogP contribution in [0.5, 0.6) is 11.8 Å². The number of rotatable bonds is 7. The lowest BCUT2D eigenvalue weighted by Gasteiger charge is -2.27. The fourth-order valence-corrected chi connectivity index (χ4v) is 8.56. The molecule has 8 heteroatoms. The summed E-state index contributed by atoms with van der Waals surface area (Å²) >= 11 is 0. The normalized spacial score (nSPS) is 10.9. The number of aromatic nitrogens is 2. The van der Waals surface area contributed by atoms with Gasteiger partial charge in [-0.05, 0) is 48.5 Å². The lowest BCUT2D eigenvalue weighted by molar-refractivity contribution is 0.147. The second kappa shape index (κ2) is 11.6. The highest BCUT2D eigenvalue weighted by Crippen LogP contribution is 2.58. The minimum atomic E-state index is -2.15. The predicted octanol–water partition coefficient (Wildman–Crippen LogP) is 5.56. The van der Waals surface area contributed by atoms with Gasteiger partial charge in [-0.3, -0.25) is 0 Å². The van der Waals surface area contributed by atoms with Gasteiger partial charge in [-0.2, -0.15) is 5.26 Å². The molecule has 0 saturated heterocycles. The molecule has 5 rings (SSSR count). The monoisotopic (exact) mass is 534 g/mol. The number of nitriles is 1. The SMILES string of the molecule is N#Cc1ccc(OC(=O)Oc2ncc(C[P+](c3ccccc3)(c3ccccc3)c3ccccc3)cn2)cc1F. The van der Waals surface area contributed by atoms with E-state index in [-0.39, 0.29) is 17.3 Å². The van der Waals surface area contributed by atoms with Crippen molar-refractivity contribution in [3.63, 3.8) is 0 Å². The van der Waals surface area contributed by atoms with Crippen LogP contribution >= 0.6 is 7.26 Å². The smallest absolute Gasteiger partial charge is 0.395 e. The third-order valence-corrected chi connectivity index (χ3v) is 10.5. The number of hydrogen-bond donors (Lipinski definition) is 0. The van der Waals surface area contributed by atoms with Gasteiger partial charge in [0.05, 0.1) is 5.56 Å². The molecule has 0 aliphatic heterocycles. The molecular weight excluding hydrogens is 512 g/mol. The Morgan fingerprint density at radius 1 is 0.769 bits per heavy atom. The van der Waals surface area contributed by atoms with Crippen molar-refractivity contribution >= 4 is 29.3 Å². The summed E-state index contributed by atoms with van der Waals surface area (Å²) in [6, 6.07) is 36.2. The second-order valence-electron chi connectivity index (χ2n) is 8.56. The van der Waals surface area contributed by atoms with Crippen molar-refractivity contribution < 1.29 is 18.7 Å². The number of ether oxygens (including phenoxy) is 2. The molecule has 0 fully saturated rings. The molecule has 190 valence electrons. The zero-order chi connectivity index (χ0) is 27.1. The van der Waals surface area contributed by atoms with E-state index in [1.54, 1.807) is 18.5 Å². The molecule has 0 spiro atoms. The van der Waals surface area contributed by atoms with Gasteiger partial charge in [0.15, 0.2) is 0 Å². The van der Waals surface area contributed by atoms with Crippen molar-refractivity contribution in [1.82, 2.24) is 9.97 Å². The maximum absolute atomic E-state index is 13.8. The summed E-state index contributed by atoms with van der Waals surface area (Å²) in [5.74, 6) is -0.901. The molecule has 0 aliphatic carbocycles. The summed E-state index contributed by atoms with van der Waals surface area (Å²) < 4.78 is 23.9. The third-order valence-electron chi connectivity index (χ3n) is 6.13. The number of halogens is 1. The van der Waals surface area contributed by atoms with Crippen molar-refractivity contribution in [2.45, 2.75) is 6.16 Å². The van der Waals surface area contributed by atoms with Crippen LogP contribution in [0, 0.1) is 17.1 Å². The van der Waals surface area contributed by atoms with Crippen molar-refractivity contribution in [3.05, 3.63) is 139 Å². The first-order chi connectivity index (χ1) is 19.1. The molecule has 0 amide bonds. The Morgan fingerprint density at radius 3 is 1.74 bits per heavy atom. The average Bonchev–Trinajstić information content (AvgIpc) is 2.98. The summed E-state index contributed by atoms with van der Waals surface area (Å²) in [5, 5.41) is 12.5. The topological polar surface area (TPSA) is 85.1 Å². The van der Waals surface area contributed by atoms with Crippen LogP contribution in [0.4, 0.5) is 9.18 Å². The molecule has 4 aromatic carbocycles. The van der Waals surface area contributed by atoms with Crippen LogP contribution in [-0.4, -0.2) is 16.1 Å². The highest BCUT2D eigenvalue weighted by atomic mass is 31.2. The standard InChI is InChI=1S/C31H22FN3O3P/c32-29-18-25(17-16-24(29)19-33)37-31(36)38-30-34-20-23(21-35-30)22-39(26-10-4-1-5-11-26,27-12-6-2-7-13-27)28-14-8-3-9-15-28/h1-18,20-21H,22H2/q+1. The molecule has 0 radical (unpaired) electrons. The Morgan fingerprint density at radius 2 is 1.28 bits per heavy atom. The summed E-state index contributed by atoms with van der Waals surface area (Å²) in [6.07, 6.45) is 2.81. The lowest BCUT2D eigenvalue weighted by atomic mass is 10.2. The Kier molecular flexibility index (Phi) is 7.68. The van der Waals surface area contributed by atoms with Gasteiger partial charge in [-0.1, -0.05) is 54.6 Å². The highest BCUT2D eigenvalue weighted by Gasteiger charge is 2.45. The highest BCUT2D eigenvalue weighted by molar-refractivity contribution is 7.95. The number of carbonyl (C=O) groups is 1. The fraction of sp³-hybridized carbons (Fsp3) is 0.0323. The number of benzene rings is 4. The van der Waals surface area contributed by atoms with Gasteiger partial charge in [-0.25, -0.2) is 19.2 Å². The first-order valence-electron chi connectivity index (χ1n) is 12.0. The van der Waals surface area contributed by atoms with E-state index in [0.29, 0.717) is 6.16 Å². The average molecular weight is 535 g/mol. The van der Waals surface area contributed by atoms with E-state index in [1.807, 2.05) is 18.2 Å². The Balaban J connectivity index is 1.42. The molecule has 1 aromatic heterocycles. The van der Waals surface area contributed by atoms with Crippen LogP contribution in [0.25, 0.3) is 0 Å². The molecule has 0 N–H and O–H groups in total. The van der Waals surface area contributed by atoms with Crippen LogP contribution in [0.1, 0.15) is 11.1 Å². The first kappa shape index (κ1) is 25.7. The molecule has 0 atom stereocenters. The molecule has 0 bridgehead atoms. The summed E-state index contributed by atoms with van der Waals surface area (Å²) in [6.45, 7) is 0. The maximum Gasteiger partial charge on any atom is 0.521 e. The molecule has 39 heavy (non-hydrogen) atoms. The Hall–Kier alpha value is -4.92. The summed E-state index contributed by atoms with van der Waals surface area (Å²) in [7, 11) is -2.15. The van der Waals surface area contributed by atoms with Gasteiger partial charge in [0, 0.05) is 24.0 Å². The van der Waals surface area contributed by atoms with Gasteiger partial charge in [-0.15, -0.1) is 0 Å². The van der Waals surface area contributed by atoms with Gasteiger partial charge >= 0.3 is 12.2 Å². The molecule has 0 unspecified atom stereocenters. The van der Waals surface area contributed by atoms with Crippen LogP contribution in [0.3, 0.4) is 0 Å². The third kappa shape index (κ3) is 5.67. The molecule has 1 heterocycles. The van der Waals surface area contributed by atoms with Crippen LogP contribution in [-0.2, 0) is 6.16 Å². The van der Waals surface area contributed by atoms with Crippen molar-refractivity contribution in [3.8, 4) is 17.8 Å². The zero-order valence-corrected chi connectivity index (χ0v) is 21.5. The van der Waals surface area contributed by atoms with Crippen molar-refractivity contribution in [2.24, 2.45) is 0 Å².